The second-order valence-electron chi connectivity index (χ2n) is 4.57. The van der Waals surface area contributed by atoms with E-state index in [1.807, 2.05) is 30.5 Å². The first-order valence-corrected chi connectivity index (χ1v) is 7.60. The maximum Gasteiger partial charge on any atom is 0.187 e. The van der Waals surface area contributed by atoms with Crippen molar-refractivity contribution < 1.29 is 4.39 Å². The molecule has 0 saturated heterocycles. The topological polar surface area (TPSA) is 24.9 Å². The Balaban J connectivity index is 1.70. The van der Waals surface area contributed by atoms with Crippen LogP contribution in [-0.2, 0) is 6.42 Å². The average molecular weight is 319 g/mol. The summed E-state index contributed by atoms with van der Waals surface area (Å²) in [6.07, 6.45) is 2.64. The molecule has 1 heterocycles. The zero-order valence-corrected chi connectivity index (χ0v) is 12.6. The maximum atomic E-state index is 12.9. The second-order valence-corrected chi connectivity index (χ2v) is 6.12. The molecule has 0 amide bonds. The van der Waals surface area contributed by atoms with E-state index in [1.54, 1.807) is 23.5 Å². The molecule has 0 saturated carbocycles. The molecule has 3 aromatic rings. The molecular weight excluding hydrogens is 307 g/mol. The predicted molar refractivity (Wildman–Crippen MR) is 86.1 cm³/mol. The molecule has 3 rings (SSSR count). The number of aromatic nitrogens is 1. The quantitative estimate of drug-likeness (QED) is 0.708. The van der Waals surface area contributed by atoms with Crippen LogP contribution in [0.1, 0.15) is 10.4 Å². The molecule has 0 aliphatic rings. The largest absolute Gasteiger partial charge is 0.332 e. The molecule has 0 spiro atoms. The Morgan fingerprint density at radius 1 is 1.14 bits per heavy atom. The van der Waals surface area contributed by atoms with Gasteiger partial charge in [-0.3, -0.25) is 0 Å². The number of halogens is 2. The van der Waals surface area contributed by atoms with Crippen LogP contribution in [0.2, 0.25) is 5.02 Å². The Kier molecular flexibility index (Phi) is 4.18. The van der Waals surface area contributed by atoms with Crippen molar-refractivity contribution in [1.29, 1.82) is 0 Å². The van der Waals surface area contributed by atoms with Crippen molar-refractivity contribution in [2.45, 2.75) is 6.42 Å². The minimum atomic E-state index is -0.249. The van der Waals surface area contributed by atoms with Gasteiger partial charge in [-0.05, 0) is 42.0 Å². The van der Waals surface area contributed by atoms with Crippen LogP contribution in [0, 0.1) is 5.82 Å². The minimum absolute atomic E-state index is 0.249. The molecule has 0 radical (unpaired) electrons. The normalized spacial score (nSPS) is 10.6. The highest BCUT2D eigenvalue weighted by Crippen LogP contribution is 2.25. The Labute approximate surface area is 131 Å². The number of thiazole rings is 1. The number of rotatable bonds is 4. The number of nitrogens with zero attached hydrogens (tertiary/aromatic N) is 1. The minimum Gasteiger partial charge on any atom is -0.332 e. The van der Waals surface area contributed by atoms with Gasteiger partial charge in [0.25, 0.3) is 0 Å². The zero-order chi connectivity index (χ0) is 14.7. The van der Waals surface area contributed by atoms with Crippen molar-refractivity contribution in [3.8, 4) is 0 Å². The van der Waals surface area contributed by atoms with Gasteiger partial charge in [0, 0.05) is 28.2 Å². The summed E-state index contributed by atoms with van der Waals surface area (Å²) in [5.41, 5.74) is 1.97. The summed E-state index contributed by atoms with van der Waals surface area (Å²) in [5, 5.41) is 4.69. The van der Waals surface area contributed by atoms with Crippen LogP contribution in [0.3, 0.4) is 0 Å². The van der Waals surface area contributed by atoms with Crippen LogP contribution in [0.15, 0.2) is 54.7 Å². The summed E-state index contributed by atoms with van der Waals surface area (Å²) in [7, 11) is 0. The molecule has 2 nitrogen and oxygen atoms in total. The molecule has 1 aromatic heterocycles. The Hall–Kier alpha value is -1.91. The third-order valence-electron chi connectivity index (χ3n) is 2.92. The van der Waals surface area contributed by atoms with Crippen LogP contribution in [-0.4, -0.2) is 4.98 Å². The van der Waals surface area contributed by atoms with Crippen molar-refractivity contribution in [2.24, 2.45) is 0 Å². The first-order chi connectivity index (χ1) is 10.2. The smallest absolute Gasteiger partial charge is 0.187 e. The van der Waals surface area contributed by atoms with E-state index in [0.29, 0.717) is 0 Å². The van der Waals surface area contributed by atoms with Gasteiger partial charge in [-0.25, -0.2) is 9.37 Å². The van der Waals surface area contributed by atoms with E-state index in [2.05, 4.69) is 10.3 Å². The summed E-state index contributed by atoms with van der Waals surface area (Å²) in [6, 6.07) is 14.0. The lowest BCUT2D eigenvalue weighted by Crippen LogP contribution is -1.88. The molecule has 0 bridgehead atoms. The fourth-order valence-corrected chi connectivity index (χ4v) is 3.03. The Morgan fingerprint density at radius 3 is 2.71 bits per heavy atom. The molecule has 0 atom stereocenters. The molecule has 0 fully saturated rings. The average Bonchev–Trinajstić information content (AvgIpc) is 2.89. The molecule has 0 aliphatic carbocycles. The van der Waals surface area contributed by atoms with Crippen molar-refractivity contribution in [3.63, 3.8) is 0 Å². The van der Waals surface area contributed by atoms with Crippen LogP contribution >= 0.6 is 22.9 Å². The molecule has 106 valence electrons. The first-order valence-electron chi connectivity index (χ1n) is 6.41. The lowest BCUT2D eigenvalue weighted by atomic mass is 10.1. The fraction of sp³-hybridized carbons (Fsp3) is 0.0625. The standard InChI is InChI=1S/C16H12ClFN2S/c17-12-3-1-2-11(8-12)9-15-10-19-16(21-15)20-14-6-4-13(18)5-7-14/h1-8,10H,9H2,(H,19,20). The molecule has 0 unspecified atom stereocenters. The van der Waals surface area contributed by atoms with Gasteiger partial charge in [-0.2, -0.15) is 0 Å². The SMILES string of the molecule is Fc1ccc(Nc2ncc(Cc3cccc(Cl)c3)s2)cc1. The molecule has 1 N–H and O–H groups in total. The molecule has 2 aromatic carbocycles. The van der Waals surface area contributed by atoms with Crippen LogP contribution in [0.5, 0.6) is 0 Å². The third-order valence-corrected chi connectivity index (χ3v) is 4.06. The summed E-state index contributed by atoms with van der Waals surface area (Å²) in [6.45, 7) is 0. The summed E-state index contributed by atoms with van der Waals surface area (Å²) < 4.78 is 12.9. The van der Waals surface area contributed by atoms with E-state index < -0.39 is 0 Å². The number of hydrogen-bond acceptors (Lipinski definition) is 3. The monoisotopic (exact) mass is 318 g/mol. The van der Waals surface area contributed by atoms with E-state index in [9.17, 15) is 4.39 Å². The number of nitrogens with one attached hydrogen (secondary N) is 1. The Morgan fingerprint density at radius 2 is 1.95 bits per heavy atom. The summed E-state index contributed by atoms with van der Waals surface area (Å²) >= 11 is 7.55. The van der Waals surface area contributed by atoms with E-state index in [0.717, 1.165) is 32.7 Å². The third kappa shape index (κ3) is 3.80. The predicted octanol–water partition coefficient (Wildman–Crippen LogP) is 5.27. The maximum absolute atomic E-state index is 12.9. The van der Waals surface area contributed by atoms with Crippen molar-refractivity contribution in [2.75, 3.05) is 5.32 Å². The Bertz CT molecular complexity index is 740. The lowest BCUT2D eigenvalue weighted by Gasteiger charge is -2.01. The van der Waals surface area contributed by atoms with E-state index in [1.165, 1.54) is 12.1 Å². The van der Waals surface area contributed by atoms with Gasteiger partial charge in [0.05, 0.1) is 0 Å². The van der Waals surface area contributed by atoms with Crippen LogP contribution in [0.4, 0.5) is 15.2 Å². The lowest BCUT2D eigenvalue weighted by molar-refractivity contribution is 0.628. The molecule has 21 heavy (non-hydrogen) atoms. The van der Waals surface area contributed by atoms with Gasteiger partial charge in [0.15, 0.2) is 5.13 Å². The molecule has 0 aliphatic heterocycles. The van der Waals surface area contributed by atoms with Crippen molar-refractivity contribution in [3.05, 3.63) is 76.0 Å². The highest BCUT2D eigenvalue weighted by atomic mass is 35.5. The van der Waals surface area contributed by atoms with Gasteiger partial charge in [-0.1, -0.05) is 23.7 Å². The number of anilines is 2. The van der Waals surface area contributed by atoms with Crippen molar-refractivity contribution in [1.82, 2.24) is 4.98 Å². The van der Waals surface area contributed by atoms with Gasteiger partial charge in [0.2, 0.25) is 0 Å². The summed E-state index contributed by atoms with van der Waals surface area (Å²) in [4.78, 5) is 5.47. The van der Waals surface area contributed by atoms with Gasteiger partial charge >= 0.3 is 0 Å². The highest BCUT2D eigenvalue weighted by Gasteiger charge is 2.04. The highest BCUT2D eigenvalue weighted by molar-refractivity contribution is 7.15. The number of benzene rings is 2. The van der Waals surface area contributed by atoms with Crippen LogP contribution < -0.4 is 5.32 Å². The van der Waals surface area contributed by atoms with Gasteiger partial charge in [-0.15, -0.1) is 11.3 Å². The molecule has 5 heteroatoms. The summed E-state index contributed by atoms with van der Waals surface area (Å²) in [5.74, 6) is -0.249. The van der Waals surface area contributed by atoms with Gasteiger partial charge in [0.1, 0.15) is 5.82 Å². The van der Waals surface area contributed by atoms with E-state index in [4.69, 9.17) is 11.6 Å². The van der Waals surface area contributed by atoms with Crippen LogP contribution in [0.25, 0.3) is 0 Å². The van der Waals surface area contributed by atoms with E-state index in [-0.39, 0.29) is 5.82 Å². The van der Waals surface area contributed by atoms with E-state index >= 15 is 0 Å². The second kappa shape index (κ2) is 6.24. The first kappa shape index (κ1) is 14.0. The van der Waals surface area contributed by atoms with Gasteiger partial charge < -0.3 is 5.32 Å². The number of hydrogen-bond donors (Lipinski definition) is 1. The fourth-order valence-electron chi connectivity index (χ4n) is 1.95. The van der Waals surface area contributed by atoms with Crippen molar-refractivity contribution >= 4 is 33.8 Å². The zero-order valence-electron chi connectivity index (χ0n) is 11.0. The molecular formula is C16H12ClFN2S.